The molecule has 0 spiro atoms. The molecule has 6 heteroatoms. The molecule has 0 bridgehead atoms. The van der Waals surface area contributed by atoms with Gasteiger partial charge in [-0.25, -0.2) is 0 Å². The molecule has 0 amide bonds. The zero-order valence-electron chi connectivity index (χ0n) is 2.47. The molecule has 40 valence electrons. The van der Waals surface area contributed by atoms with Gasteiger partial charge in [0.1, 0.15) is 0 Å². The molecule has 0 aliphatic heterocycles. The predicted molar refractivity (Wildman–Crippen MR) is 14.2 cm³/mol. The van der Waals surface area contributed by atoms with Crippen LogP contribution >= 0.6 is 0 Å². The Morgan fingerprint density at radius 2 is 1.17 bits per heavy atom. The summed E-state index contributed by atoms with van der Waals surface area (Å²) in [6, 6.07) is 0. The molecule has 2 N–H and O–H groups in total. The second-order valence-corrected chi connectivity index (χ2v) is 1.34. The molecule has 0 saturated carbocycles. The van der Waals surface area contributed by atoms with E-state index in [0.29, 0.717) is 0 Å². The molecule has 6 heavy (non-hydrogen) atoms. The first-order valence-corrected chi connectivity index (χ1v) is 2.10. The van der Waals surface area contributed by atoms with Crippen molar-refractivity contribution < 1.29 is 89.4 Å². The monoisotopic (exact) mass is 320 g/mol. The summed E-state index contributed by atoms with van der Waals surface area (Å²) in [4.78, 5) is 0. The summed E-state index contributed by atoms with van der Waals surface area (Å²) in [5.74, 6) is 0. The van der Waals surface area contributed by atoms with Crippen LogP contribution in [0.5, 0.6) is 0 Å². The summed E-state index contributed by atoms with van der Waals surface area (Å²) < 4.78 is 31.6. The van der Waals surface area contributed by atoms with Gasteiger partial charge in [0.15, 0.2) is 0 Å². The molecule has 0 rings (SSSR count). The van der Waals surface area contributed by atoms with Crippen molar-refractivity contribution >= 4 is 10.4 Å². The van der Waals surface area contributed by atoms with Crippen LogP contribution < -0.4 is 0 Å². The van der Waals surface area contributed by atoms with Gasteiger partial charge in [0.2, 0.25) is 0 Å². The van der Waals surface area contributed by atoms with Crippen LogP contribution in [0.4, 0.5) is 0 Å². The molecule has 0 saturated heterocycles. The topological polar surface area (TPSA) is 74.6 Å². The van der Waals surface area contributed by atoms with Crippen LogP contribution in [-0.2, 0) is 10.4 Å². The average molecular weight is 320 g/mol. The van der Waals surface area contributed by atoms with E-state index in [1.54, 1.807) is 0 Å². The molecule has 0 radical (unpaired) electrons. The minimum atomic E-state index is -4.67. The number of rotatable bonds is 0. The zero-order chi connectivity index (χ0) is 4.50. The van der Waals surface area contributed by atoms with Crippen LogP contribution in [0.2, 0.25) is 0 Å². The quantitative estimate of drug-likeness (QED) is 0.582. The minimum absolute atomic E-state index is 0. The van der Waals surface area contributed by atoms with Gasteiger partial charge in [-0.1, -0.05) is 0 Å². The summed E-state index contributed by atoms with van der Waals surface area (Å²) in [5.41, 5.74) is 0. The maximum Gasteiger partial charge on any atom is 0.394 e. The van der Waals surface area contributed by atoms with Crippen molar-refractivity contribution in [2.75, 3.05) is 0 Å². The molecule has 0 aromatic heterocycles. The van der Waals surface area contributed by atoms with Crippen LogP contribution in [0.1, 0.15) is 0 Å². The van der Waals surface area contributed by atoms with E-state index in [-0.39, 0.29) is 71.9 Å². The van der Waals surface area contributed by atoms with Gasteiger partial charge in [0.05, 0.1) is 0 Å². The van der Waals surface area contributed by atoms with Gasteiger partial charge >= 0.3 is 10.4 Å². The van der Waals surface area contributed by atoms with Gasteiger partial charge in [-0.3, -0.25) is 9.11 Å². The fourth-order valence-electron chi connectivity index (χ4n) is 0. The first kappa shape index (κ1) is 10.9. The van der Waals surface area contributed by atoms with E-state index in [9.17, 15) is 0 Å². The maximum atomic E-state index is 8.74. The van der Waals surface area contributed by atoms with Crippen molar-refractivity contribution in [2.24, 2.45) is 0 Å². The third-order valence-electron chi connectivity index (χ3n) is 0. The Morgan fingerprint density at radius 3 is 1.17 bits per heavy atom. The van der Waals surface area contributed by atoms with Crippen LogP contribution in [0.15, 0.2) is 0 Å². The Morgan fingerprint density at radius 1 is 1.17 bits per heavy atom. The minimum Gasteiger partial charge on any atom is -0.264 e. The summed E-state index contributed by atoms with van der Waals surface area (Å²) in [6.07, 6.45) is 0. The molecule has 0 aliphatic carbocycles. The molecule has 0 heterocycles. The third kappa shape index (κ3) is 37.7. The second kappa shape index (κ2) is 3.93. The zero-order valence-corrected chi connectivity index (χ0v) is 6.04. The molecule has 0 unspecified atom stereocenters. The molecule has 0 aliphatic rings. The largest absolute Gasteiger partial charge is 0.394 e. The van der Waals surface area contributed by atoms with Gasteiger partial charge in [-0.05, 0) is 0 Å². The van der Waals surface area contributed by atoms with Gasteiger partial charge < -0.3 is 0 Å². The van der Waals surface area contributed by atoms with Crippen molar-refractivity contribution in [1.82, 2.24) is 0 Å². The van der Waals surface area contributed by atoms with Crippen molar-refractivity contribution in [3.8, 4) is 0 Å². The number of hydrogen-bond acceptors (Lipinski definition) is 2. The molecule has 0 aromatic carbocycles. The predicted octanol–water partition coefficient (Wildman–Crippen LogP) is -0.653. The van der Waals surface area contributed by atoms with E-state index in [0.717, 1.165) is 0 Å². The van der Waals surface area contributed by atoms with E-state index >= 15 is 0 Å². The molecule has 0 aromatic rings. The Balaban J connectivity index is 0. The van der Waals surface area contributed by atoms with E-state index in [1.807, 2.05) is 0 Å². The Hall–Kier alpha value is 1.99. The fraction of sp³-hybridized carbons (Fsp3) is 0. The van der Waals surface area contributed by atoms with E-state index in [4.69, 9.17) is 17.5 Å². The smallest absolute Gasteiger partial charge is 0.264 e. The first-order valence-electron chi connectivity index (χ1n) is 0.698. The van der Waals surface area contributed by atoms with E-state index in [2.05, 4.69) is 0 Å². The Bertz CT molecular complexity index is 90.7. The van der Waals surface area contributed by atoms with Crippen LogP contribution in [-0.4, -0.2) is 17.5 Å². The SMILES string of the molecule is O=S(=O)(O)O.[Rn]. The van der Waals surface area contributed by atoms with Crippen molar-refractivity contribution in [3.05, 3.63) is 0 Å². The number of hydrogen-bond donors (Lipinski definition) is 2. The van der Waals surface area contributed by atoms with E-state index in [1.165, 1.54) is 0 Å². The molecular weight excluding hydrogens is 318 g/mol. The third-order valence-corrected chi connectivity index (χ3v) is 0. The summed E-state index contributed by atoms with van der Waals surface area (Å²) in [5, 5.41) is 0. The summed E-state index contributed by atoms with van der Waals surface area (Å²) in [6.45, 7) is 0. The van der Waals surface area contributed by atoms with Crippen molar-refractivity contribution in [1.29, 1.82) is 0 Å². The van der Waals surface area contributed by atoms with Crippen molar-refractivity contribution in [3.63, 3.8) is 0 Å². The van der Waals surface area contributed by atoms with Gasteiger partial charge in [-0.2, -0.15) is 8.42 Å². The Labute approximate surface area is 97.1 Å². The maximum absolute atomic E-state index is 8.74. The van der Waals surface area contributed by atoms with Gasteiger partial charge in [0, 0.05) is 71.9 Å². The molecule has 0 fully saturated rings. The van der Waals surface area contributed by atoms with Crippen LogP contribution in [0, 0.1) is 71.9 Å². The second-order valence-electron chi connectivity index (χ2n) is 0.448. The van der Waals surface area contributed by atoms with Crippen molar-refractivity contribution in [2.45, 2.75) is 0 Å². The molecule has 0 atom stereocenters. The van der Waals surface area contributed by atoms with E-state index < -0.39 is 10.4 Å². The van der Waals surface area contributed by atoms with Crippen LogP contribution in [0.3, 0.4) is 0 Å². The van der Waals surface area contributed by atoms with Gasteiger partial charge in [-0.15, -0.1) is 0 Å². The van der Waals surface area contributed by atoms with Crippen LogP contribution in [0.25, 0.3) is 0 Å². The average Bonchev–Trinajstić information content (AvgIpc) is 0.722. The Kier molecular flexibility index (Phi) is 7.12. The first-order chi connectivity index (χ1) is 2.00. The fourth-order valence-corrected chi connectivity index (χ4v) is 0. The molecule has 4 nitrogen and oxygen atoms in total. The molecular formula is H2O4RnS. The van der Waals surface area contributed by atoms with Gasteiger partial charge in [0.25, 0.3) is 0 Å². The standard InChI is InChI=1S/H2O4S.Rn/c1-5(2,3)4;/h(H2,1,2,3,4);. The normalized spacial score (nSPS) is 9.67. The summed E-state index contributed by atoms with van der Waals surface area (Å²) >= 11 is 0. The summed E-state index contributed by atoms with van der Waals surface area (Å²) in [7, 11) is -4.67.